The van der Waals surface area contributed by atoms with Gasteiger partial charge < -0.3 is 4.74 Å². The normalized spacial score (nSPS) is 9.96. The molecule has 0 heterocycles. The van der Waals surface area contributed by atoms with Crippen LogP contribution in [-0.2, 0) is 0 Å². The minimum atomic E-state index is -0.366. The largest absolute Gasteiger partial charge is 0.423 e. The van der Waals surface area contributed by atoms with Crippen molar-refractivity contribution >= 4 is 5.97 Å². The van der Waals surface area contributed by atoms with E-state index in [1.54, 1.807) is 18.2 Å². The Hall–Kier alpha value is -3.31. The first-order valence-electron chi connectivity index (χ1n) is 8.49. The molecule has 0 saturated carbocycles. The average molecular weight is 340 g/mol. The van der Waals surface area contributed by atoms with E-state index in [-0.39, 0.29) is 5.97 Å². The van der Waals surface area contributed by atoms with Gasteiger partial charge in [-0.1, -0.05) is 47.2 Å². The number of hydrogen-bond acceptors (Lipinski definition) is 2. The summed E-state index contributed by atoms with van der Waals surface area (Å²) in [4.78, 5) is 12.3. The zero-order valence-corrected chi connectivity index (χ0v) is 15.2. The first-order chi connectivity index (χ1) is 12.5. The van der Waals surface area contributed by atoms with E-state index in [4.69, 9.17) is 4.74 Å². The van der Waals surface area contributed by atoms with Crippen molar-refractivity contribution in [2.45, 2.75) is 20.8 Å². The van der Waals surface area contributed by atoms with Gasteiger partial charge in [-0.2, -0.15) is 0 Å². The van der Waals surface area contributed by atoms with Gasteiger partial charge in [0.25, 0.3) is 0 Å². The van der Waals surface area contributed by atoms with Crippen LogP contribution >= 0.6 is 0 Å². The van der Waals surface area contributed by atoms with Gasteiger partial charge in [-0.3, -0.25) is 0 Å². The van der Waals surface area contributed by atoms with Crippen molar-refractivity contribution in [3.05, 3.63) is 100 Å². The number of benzene rings is 3. The molecule has 128 valence electrons. The van der Waals surface area contributed by atoms with Crippen LogP contribution in [0.2, 0.25) is 0 Å². The molecule has 0 aliphatic carbocycles. The standard InChI is InChI=1S/C24H20O2/c1-17-4-8-20(9-5-17)10-11-21-12-13-22(16-19(21)3)24(25)26-23-14-6-18(2)7-15-23/h4-9,12-16H,1-3H3. The van der Waals surface area contributed by atoms with Crippen LogP contribution in [0, 0.1) is 32.6 Å². The maximum Gasteiger partial charge on any atom is 0.343 e. The fourth-order valence-electron chi connectivity index (χ4n) is 2.48. The second-order valence-corrected chi connectivity index (χ2v) is 6.35. The van der Waals surface area contributed by atoms with Crippen molar-refractivity contribution in [1.29, 1.82) is 0 Å². The quantitative estimate of drug-likeness (QED) is 0.363. The SMILES string of the molecule is Cc1ccc(C#Cc2ccc(C(=O)Oc3ccc(C)cc3)cc2C)cc1. The molecule has 0 amide bonds. The second kappa shape index (κ2) is 7.72. The third-order valence-electron chi connectivity index (χ3n) is 4.09. The van der Waals surface area contributed by atoms with Crippen LogP contribution in [-0.4, -0.2) is 5.97 Å². The summed E-state index contributed by atoms with van der Waals surface area (Å²) in [5, 5.41) is 0. The molecule has 3 rings (SSSR count). The molecule has 0 fully saturated rings. The Bertz CT molecular complexity index is 985. The summed E-state index contributed by atoms with van der Waals surface area (Å²) in [7, 11) is 0. The van der Waals surface area contributed by atoms with Crippen molar-refractivity contribution in [1.82, 2.24) is 0 Å². The molecule has 0 aliphatic rings. The highest BCUT2D eigenvalue weighted by molar-refractivity contribution is 5.91. The molecule has 26 heavy (non-hydrogen) atoms. The molecule has 3 aromatic rings. The van der Waals surface area contributed by atoms with Gasteiger partial charge in [0.05, 0.1) is 5.56 Å². The van der Waals surface area contributed by atoms with E-state index >= 15 is 0 Å². The summed E-state index contributed by atoms with van der Waals surface area (Å²) in [6, 6.07) is 20.9. The first-order valence-corrected chi connectivity index (χ1v) is 8.49. The summed E-state index contributed by atoms with van der Waals surface area (Å²) in [6.07, 6.45) is 0. The fraction of sp³-hybridized carbons (Fsp3) is 0.125. The van der Waals surface area contributed by atoms with Gasteiger partial charge in [0.2, 0.25) is 0 Å². The van der Waals surface area contributed by atoms with E-state index in [1.807, 2.05) is 62.4 Å². The van der Waals surface area contributed by atoms with Crippen molar-refractivity contribution in [3.8, 4) is 17.6 Å². The predicted octanol–water partition coefficient (Wildman–Crippen LogP) is 5.23. The van der Waals surface area contributed by atoms with Gasteiger partial charge in [0, 0.05) is 11.1 Å². The number of aryl methyl sites for hydroxylation is 3. The molecule has 0 atom stereocenters. The molecule has 0 N–H and O–H groups in total. The van der Waals surface area contributed by atoms with Crippen LogP contribution < -0.4 is 4.74 Å². The summed E-state index contributed by atoms with van der Waals surface area (Å²) in [5.74, 6) is 6.50. The van der Waals surface area contributed by atoms with Gasteiger partial charge in [-0.15, -0.1) is 0 Å². The number of esters is 1. The van der Waals surface area contributed by atoms with E-state index in [9.17, 15) is 4.79 Å². The molecule has 0 bridgehead atoms. The Kier molecular flexibility index (Phi) is 5.20. The lowest BCUT2D eigenvalue weighted by Crippen LogP contribution is -2.08. The Morgan fingerprint density at radius 3 is 2.00 bits per heavy atom. The van der Waals surface area contributed by atoms with Gasteiger partial charge in [-0.25, -0.2) is 4.79 Å². The average Bonchev–Trinajstić information content (AvgIpc) is 2.64. The molecule has 2 heteroatoms. The highest BCUT2D eigenvalue weighted by Gasteiger charge is 2.10. The van der Waals surface area contributed by atoms with Gasteiger partial charge in [0.1, 0.15) is 5.75 Å². The highest BCUT2D eigenvalue weighted by Crippen LogP contribution is 2.16. The third kappa shape index (κ3) is 4.40. The van der Waals surface area contributed by atoms with Crippen LogP contribution in [0.5, 0.6) is 5.75 Å². The molecule has 0 aromatic heterocycles. The van der Waals surface area contributed by atoms with Crippen LogP contribution in [0.25, 0.3) is 0 Å². The van der Waals surface area contributed by atoms with Crippen LogP contribution in [0.3, 0.4) is 0 Å². The molecule has 0 radical (unpaired) electrons. The monoisotopic (exact) mass is 340 g/mol. The van der Waals surface area contributed by atoms with E-state index in [0.717, 1.165) is 22.3 Å². The highest BCUT2D eigenvalue weighted by atomic mass is 16.5. The molecule has 0 spiro atoms. The molecule has 0 aliphatic heterocycles. The minimum Gasteiger partial charge on any atom is -0.423 e. The lowest BCUT2D eigenvalue weighted by molar-refractivity contribution is 0.0734. The third-order valence-corrected chi connectivity index (χ3v) is 4.09. The molecular weight excluding hydrogens is 320 g/mol. The van der Waals surface area contributed by atoms with Gasteiger partial charge in [0.15, 0.2) is 0 Å². The van der Waals surface area contributed by atoms with Gasteiger partial charge >= 0.3 is 5.97 Å². The van der Waals surface area contributed by atoms with E-state index in [2.05, 4.69) is 18.8 Å². The maximum atomic E-state index is 12.3. The molecular formula is C24H20O2. The topological polar surface area (TPSA) is 26.3 Å². The number of ether oxygens (including phenoxy) is 1. The number of carbonyl (C=O) groups excluding carboxylic acids is 1. The molecule has 2 nitrogen and oxygen atoms in total. The van der Waals surface area contributed by atoms with Crippen molar-refractivity contribution in [2.75, 3.05) is 0 Å². The van der Waals surface area contributed by atoms with Gasteiger partial charge in [-0.05, 0) is 68.8 Å². The Balaban J connectivity index is 1.75. The van der Waals surface area contributed by atoms with E-state index < -0.39 is 0 Å². The number of rotatable bonds is 2. The summed E-state index contributed by atoms with van der Waals surface area (Å²) in [6.45, 7) is 5.99. The summed E-state index contributed by atoms with van der Waals surface area (Å²) in [5.41, 5.74) is 5.67. The Morgan fingerprint density at radius 2 is 1.38 bits per heavy atom. The summed E-state index contributed by atoms with van der Waals surface area (Å²) >= 11 is 0. The number of hydrogen-bond donors (Lipinski definition) is 0. The van der Waals surface area contributed by atoms with Crippen molar-refractivity contribution in [2.24, 2.45) is 0 Å². The fourth-order valence-corrected chi connectivity index (χ4v) is 2.48. The van der Waals surface area contributed by atoms with Crippen LogP contribution in [0.15, 0.2) is 66.7 Å². The lowest BCUT2D eigenvalue weighted by Gasteiger charge is -2.06. The zero-order chi connectivity index (χ0) is 18.5. The molecule has 3 aromatic carbocycles. The first kappa shape index (κ1) is 17.5. The maximum absolute atomic E-state index is 12.3. The smallest absolute Gasteiger partial charge is 0.343 e. The van der Waals surface area contributed by atoms with E-state index in [1.165, 1.54) is 5.56 Å². The van der Waals surface area contributed by atoms with Crippen LogP contribution in [0.1, 0.15) is 38.2 Å². The van der Waals surface area contributed by atoms with Crippen molar-refractivity contribution in [3.63, 3.8) is 0 Å². The Morgan fingerprint density at radius 1 is 0.769 bits per heavy atom. The molecule has 0 saturated heterocycles. The summed E-state index contributed by atoms with van der Waals surface area (Å²) < 4.78 is 5.42. The second-order valence-electron chi connectivity index (χ2n) is 6.35. The lowest BCUT2D eigenvalue weighted by atomic mass is 10.0. The van der Waals surface area contributed by atoms with Crippen molar-refractivity contribution < 1.29 is 9.53 Å². The zero-order valence-electron chi connectivity index (χ0n) is 15.2. The molecule has 0 unspecified atom stereocenters. The van der Waals surface area contributed by atoms with E-state index in [0.29, 0.717) is 11.3 Å². The van der Waals surface area contributed by atoms with Crippen LogP contribution in [0.4, 0.5) is 0 Å². The predicted molar refractivity (Wildman–Crippen MR) is 104 cm³/mol. The minimum absolute atomic E-state index is 0.366. The number of carbonyl (C=O) groups is 1. The Labute approximate surface area is 154 Å².